The van der Waals surface area contributed by atoms with Gasteiger partial charge in [-0.3, -0.25) is 4.79 Å². The lowest BCUT2D eigenvalue weighted by atomic mass is 10.2. The van der Waals surface area contributed by atoms with Crippen LogP contribution in [0.25, 0.3) is 11.0 Å². The maximum atomic E-state index is 11.8. The Hall–Kier alpha value is -2.53. The van der Waals surface area contributed by atoms with Gasteiger partial charge in [-0.2, -0.15) is 0 Å². The van der Waals surface area contributed by atoms with Crippen molar-refractivity contribution < 1.29 is 9.53 Å². The van der Waals surface area contributed by atoms with Gasteiger partial charge in [0, 0.05) is 18.9 Å². The first kappa shape index (κ1) is 18.8. The van der Waals surface area contributed by atoms with Crippen molar-refractivity contribution in [1.82, 2.24) is 14.9 Å². The summed E-state index contributed by atoms with van der Waals surface area (Å²) in [6.45, 7) is 1.89. The number of amides is 1. The highest BCUT2D eigenvalue weighted by Crippen LogP contribution is 2.28. The van der Waals surface area contributed by atoms with E-state index in [0.717, 1.165) is 42.5 Å². The van der Waals surface area contributed by atoms with E-state index in [1.165, 1.54) is 0 Å². The molecule has 1 heterocycles. The SMILES string of the molecule is O=C(NCCCc1nc2ccccc2n1CCOc1ccccc1Cl)C1CC1. The van der Waals surface area contributed by atoms with E-state index < -0.39 is 0 Å². The molecule has 6 heteroatoms. The molecule has 1 aliphatic rings. The first-order chi connectivity index (χ1) is 13.7. The highest BCUT2D eigenvalue weighted by atomic mass is 35.5. The standard InChI is InChI=1S/C22H24ClN3O2/c23-17-6-1-4-9-20(17)28-15-14-26-19-8-3-2-7-18(19)25-21(26)10-5-13-24-22(27)16-11-12-16/h1-4,6-9,16H,5,10-15H2,(H,24,27). The van der Waals surface area contributed by atoms with Gasteiger partial charge in [-0.25, -0.2) is 4.98 Å². The summed E-state index contributed by atoms with van der Waals surface area (Å²) >= 11 is 6.17. The van der Waals surface area contributed by atoms with Crippen LogP contribution in [0.2, 0.25) is 5.02 Å². The van der Waals surface area contributed by atoms with E-state index >= 15 is 0 Å². The van der Waals surface area contributed by atoms with Gasteiger partial charge in [0.25, 0.3) is 0 Å². The lowest BCUT2D eigenvalue weighted by molar-refractivity contribution is -0.122. The van der Waals surface area contributed by atoms with Crippen LogP contribution in [0.4, 0.5) is 0 Å². The van der Waals surface area contributed by atoms with E-state index in [4.69, 9.17) is 21.3 Å². The molecule has 1 fully saturated rings. The Morgan fingerprint density at radius 2 is 1.96 bits per heavy atom. The van der Waals surface area contributed by atoms with E-state index in [-0.39, 0.29) is 11.8 Å². The van der Waals surface area contributed by atoms with Crippen molar-refractivity contribution in [1.29, 1.82) is 0 Å². The molecular formula is C22H24ClN3O2. The van der Waals surface area contributed by atoms with Crippen molar-refractivity contribution in [3.8, 4) is 5.75 Å². The molecule has 4 rings (SSSR count). The van der Waals surface area contributed by atoms with Crippen LogP contribution in [0.1, 0.15) is 25.1 Å². The number of ether oxygens (including phenoxy) is 1. The zero-order valence-corrected chi connectivity index (χ0v) is 16.5. The average Bonchev–Trinajstić information content (AvgIpc) is 3.50. The Morgan fingerprint density at radius 3 is 2.79 bits per heavy atom. The number of benzene rings is 2. The highest BCUT2D eigenvalue weighted by Gasteiger charge is 2.29. The molecule has 28 heavy (non-hydrogen) atoms. The Labute approximate surface area is 169 Å². The third-order valence-electron chi connectivity index (χ3n) is 4.97. The van der Waals surface area contributed by atoms with Crippen molar-refractivity contribution in [3.63, 3.8) is 0 Å². The van der Waals surface area contributed by atoms with Crippen LogP contribution in [-0.4, -0.2) is 28.6 Å². The number of halogens is 1. The number of carbonyl (C=O) groups excluding carboxylic acids is 1. The number of nitrogens with zero attached hydrogens (tertiary/aromatic N) is 2. The minimum atomic E-state index is 0.196. The highest BCUT2D eigenvalue weighted by molar-refractivity contribution is 6.32. The molecule has 5 nitrogen and oxygen atoms in total. The molecule has 3 aromatic rings. The molecule has 1 N–H and O–H groups in total. The average molecular weight is 398 g/mol. The molecule has 0 bridgehead atoms. The normalized spacial score (nSPS) is 13.6. The van der Waals surface area contributed by atoms with Crippen LogP contribution in [-0.2, 0) is 17.8 Å². The zero-order valence-electron chi connectivity index (χ0n) is 15.7. The van der Waals surface area contributed by atoms with Crippen molar-refractivity contribution >= 4 is 28.5 Å². The number of carbonyl (C=O) groups is 1. The lowest BCUT2D eigenvalue weighted by Crippen LogP contribution is -2.26. The summed E-state index contributed by atoms with van der Waals surface area (Å²) in [6.07, 6.45) is 3.75. The summed E-state index contributed by atoms with van der Waals surface area (Å²) in [4.78, 5) is 16.6. The Bertz CT molecular complexity index is 965. The van der Waals surface area contributed by atoms with E-state index in [1.54, 1.807) is 0 Å². The second kappa shape index (κ2) is 8.65. The molecule has 0 unspecified atom stereocenters. The van der Waals surface area contributed by atoms with Crippen LogP contribution >= 0.6 is 11.6 Å². The molecule has 1 saturated carbocycles. The summed E-state index contributed by atoms with van der Waals surface area (Å²) in [5, 5.41) is 3.64. The molecular weight excluding hydrogens is 374 g/mol. The number of nitrogens with one attached hydrogen (secondary N) is 1. The van der Waals surface area contributed by atoms with E-state index in [9.17, 15) is 4.79 Å². The van der Waals surface area contributed by atoms with Crippen LogP contribution in [0.3, 0.4) is 0 Å². The summed E-state index contributed by atoms with van der Waals surface area (Å²) in [5.41, 5.74) is 2.08. The molecule has 1 aliphatic carbocycles. The van der Waals surface area contributed by atoms with Crippen LogP contribution < -0.4 is 10.1 Å². The third-order valence-corrected chi connectivity index (χ3v) is 5.28. The van der Waals surface area contributed by atoms with E-state index in [1.807, 2.05) is 42.5 Å². The predicted octanol–water partition coefficient (Wildman–Crippen LogP) is 4.23. The first-order valence-corrected chi connectivity index (χ1v) is 10.2. The first-order valence-electron chi connectivity index (χ1n) is 9.81. The molecule has 1 aromatic heterocycles. The van der Waals surface area contributed by atoms with Crippen molar-refractivity contribution in [2.75, 3.05) is 13.2 Å². The predicted molar refractivity (Wildman–Crippen MR) is 111 cm³/mol. The summed E-state index contributed by atoms with van der Waals surface area (Å²) in [6, 6.07) is 15.6. The Morgan fingerprint density at radius 1 is 1.18 bits per heavy atom. The number of aryl methyl sites for hydroxylation is 1. The van der Waals surface area contributed by atoms with Gasteiger partial charge in [0.05, 0.1) is 22.6 Å². The zero-order chi connectivity index (χ0) is 19.3. The molecule has 1 amide bonds. The third kappa shape index (κ3) is 4.47. The Balaban J connectivity index is 1.39. The van der Waals surface area contributed by atoms with Crippen molar-refractivity contribution in [2.24, 2.45) is 5.92 Å². The maximum Gasteiger partial charge on any atom is 0.223 e. The summed E-state index contributed by atoms with van der Waals surface area (Å²) < 4.78 is 8.07. The summed E-state index contributed by atoms with van der Waals surface area (Å²) in [5.74, 6) is 2.16. The number of hydrogen-bond acceptors (Lipinski definition) is 3. The van der Waals surface area contributed by atoms with Crippen LogP contribution in [0.5, 0.6) is 5.75 Å². The van der Waals surface area contributed by atoms with Crippen LogP contribution in [0, 0.1) is 5.92 Å². The second-order valence-corrected chi connectivity index (χ2v) is 7.52. The van der Waals surface area contributed by atoms with Crippen molar-refractivity contribution in [3.05, 3.63) is 59.4 Å². The largest absolute Gasteiger partial charge is 0.490 e. The van der Waals surface area contributed by atoms with Gasteiger partial charge in [0.2, 0.25) is 5.91 Å². The van der Waals surface area contributed by atoms with Gasteiger partial charge in [-0.05, 0) is 43.5 Å². The fraction of sp³-hybridized carbons (Fsp3) is 0.364. The summed E-state index contributed by atoms with van der Waals surface area (Å²) in [7, 11) is 0. The van der Waals surface area contributed by atoms with Gasteiger partial charge >= 0.3 is 0 Å². The van der Waals surface area contributed by atoms with Crippen molar-refractivity contribution in [2.45, 2.75) is 32.2 Å². The topological polar surface area (TPSA) is 56.2 Å². The number of aromatic nitrogens is 2. The Kier molecular flexibility index (Phi) is 5.81. The molecule has 2 aromatic carbocycles. The number of fused-ring (bicyclic) bond motifs is 1. The molecule has 0 aliphatic heterocycles. The number of imidazole rings is 1. The second-order valence-electron chi connectivity index (χ2n) is 7.12. The van der Waals surface area contributed by atoms with Gasteiger partial charge in [0.1, 0.15) is 18.2 Å². The lowest BCUT2D eigenvalue weighted by Gasteiger charge is -2.12. The minimum absolute atomic E-state index is 0.196. The van der Waals surface area contributed by atoms with E-state index in [2.05, 4.69) is 16.0 Å². The number of hydrogen-bond donors (Lipinski definition) is 1. The van der Waals surface area contributed by atoms with E-state index in [0.29, 0.717) is 30.5 Å². The number of rotatable bonds is 9. The molecule has 146 valence electrons. The van der Waals surface area contributed by atoms with Gasteiger partial charge in [-0.1, -0.05) is 35.9 Å². The van der Waals surface area contributed by atoms with Crippen LogP contribution in [0.15, 0.2) is 48.5 Å². The number of para-hydroxylation sites is 3. The van der Waals surface area contributed by atoms with Gasteiger partial charge in [0.15, 0.2) is 0 Å². The maximum absolute atomic E-state index is 11.8. The molecule has 0 atom stereocenters. The smallest absolute Gasteiger partial charge is 0.223 e. The van der Waals surface area contributed by atoms with Gasteiger partial charge in [-0.15, -0.1) is 0 Å². The monoisotopic (exact) mass is 397 g/mol. The molecule has 0 spiro atoms. The molecule has 0 saturated heterocycles. The minimum Gasteiger partial charge on any atom is -0.490 e. The van der Waals surface area contributed by atoms with Gasteiger partial charge < -0.3 is 14.6 Å². The molecule has 0 radical (unpaired) electrons. The fourth-order valence-electron chi connectivity index (χ4n) is 3.32. The fourth-order valence-corrected chi connectivity index (χ4v) is 3.51. The quantitative estimate of drug-likeness (QED) is 0.550.